The van der Waals surface area contributed by atoms with Gasteiger partial charge in [0.1, 0.15) is 11.6 Å². The Hall–Kier alpha value is -2.85. The lowest BCUT2D eigenvalue weighted by Crippen LogP contribution is -2.24. The molecule has 2 heterocycles. The number of carbonyl (C=O) groups is 1. The lowest BCUT2D eigenvalue weighted by molar-refractivity contribution is -0.274. The fraction of sp³-hybridized carbons (Fsp3) is 0.167. The van der Waals surface area contributed by atoms with Crippen molar-refractivity contribution in [2.75, 3.05) is 5.32 Å². The van der Waals surface area contributed by atoms with Gasteiger partial charge in [0.05, 0.1) is 17.1 Å². The second-order valence-electron chi connectivity index (χ2n) is 5.78. The van der Waals surface area contributed by atoms with Gasteiger partial charge < -0.3 is 15.4 Å². The van der Waals surface area contributed by atoms with Gasteiger partial charge >= 0.3 is 6.36 Å². The van der Waals surface area contributed by atoms with Gasteiger partial charge in [-0.1, -0.05) is 23.7 Å². The highest BCUT2D eigenvalue weighted by molar-refractivity contribution is 7.13. The van der Waals surface area contributed by atoms with Crippen LogP contribution in [0.5, 0.6) is 5.75 Å². The van der Waals surface area contributed by atoms with E-state index in [2.05, 4.69) is 25.3 Å². The van der Waals surface area contributed by atoms with Gasteiger partial charge in [-0.15, -0.1) is 24.5 Å². The van der Waals surface area contributed by atoms with Crippen LogP contribution >= 0.6 is 22.9 Å². The van der Waals surface area contributed by atoms with Crippen molar-refractivity contribution in [3.63, 3.8) is 0 Å². The number of alkyl halides is 3. The number of nitrogens with one attached hydrogen (secondary N) is 2. The topological polar surface area (TPSA) is 76.1 Å². The highest BCUT2D eigenvalue weighted by Gasteiger charge is 2.30. The summed E-state index contributed by atoms with van der Waals surface area (Å²) in [4.78, 5) is 20.5. The van der Waals surface area contributed by atoms with Crippen LogP contribution in [0.4, 0.5) is 24.1 Å². The number of thiazole rings is 1. The van der Waals surface area contributed by atoms with E-state index in [0.717, 1.165) is 0 Å². The molecule has 0 aliphatic heterocycles. The van der Waals surface area contributed by atoms with E-state index in [1.54, 1.807) is 17.5 Å². The second-order valence-corrected chi connectivity index (χ2v) is 7.07. The molecule has 3 rings (SSSR count). The van der Waals surface area contributed by atoms with E-state index in [0.29, 0.717) is 27.2 Å². The molecule has 0 radical (unpaired) electrons. The minimum Gasteiger partial charge on any atom is -0.406 e. The van der Waals surface area contributed by atoms with Gasteiger partial charge in [0.2, 0.25) is 5.91 Å². The summed E-state index contributed by atoms with van der Waals surface area (Å²) in [6, 6.07) is 8.69. The van der Waals surface area contributed by atoms with Crippen LogP contribution in [0.1, 0.15) is 11.3 Å². The molecule has 29 heavy (non-hydrogen) atoms. The summed E-state index contributed by atoms with van der Waals surface area (Å²) in [5, 5.41) is 8.57. The van der Waals surface area contributed by atoms with E-state index in [-0.39, 0.29) is 24.6 Å². The number of hydrogen-bond acceptors (Lipinski definition) is 6. The highest BCUT2D eigenvalue weighted by atomic mass is 35.5. The van der Waals surface area contributed by atoms with Gasteiger partial charge in [-0.2, -0.15) is 0 Å². The maximum atomic E-state index is 12.1. The summed E-state index contributed by atoms with van der Waals surface area (Å²) in [7, 11) is 0. The molecule has 0 saturated heterocycles. The van der Waals surface area contributed by atoms with Crippen LogP contribution in [-0.4, -0.2) is 22.2 Å². The lowest BCUT2D eigenvalue weighted by atomic mass is 10.2. The first-order valence-corrected chi connectivity index (χ1v) is 9.47. The Balaban J connectivity index is 1.47. The average Bonchev–Trinajstić information content (AvgIpc) is 3.08. The van der Waals surface area contributed by atoms with Crippen LogP contribution in [0.15, 0.2) is 48.0 Å². The standard InChI is InChI=1S/C18H14ClF3N4O2S/c19-12-3-6-15(23-9-12)26-17-25-13(10-29-17)7-16(27)24-8-11-1-4-14(5-2-11)28-18(20,21)22/h1-6,9-10H,7-8H2,(H,24,27)(H,23,25,26). The van der Waals surface area contributed by atoms with Crippen LogP contribution < -0.4 is 15.4 Å². The Morgan fingerprint density at radius 2 is 1.93 bits per heavy atom. The van der Waals surface area contributed by atoms with E-state index in [1.165, 1.54) is 41.8 Å². The number of benzene rings is 1. The summed E-state index contributed by atoms with van der Waals surface area (Å²) < 4.78 is 40.2. The largest absolute Gasteiger partial charge is 0.573 e. The number of amides is 1. The molecular weight excluding hydrogens is 429 g/mol. The quantitative estimate of drug-likeness (QED) is 0.555. The van der Waals surface area contributed by atoms with E-state index in [1.807, 2.05) is 0 Å². The molecule has 3 aromatic rings. The summed E-state index contributed by atoms with van der Waals surface area (Å²) >= 11 is 7.11. The van der Waals surface area contributed by atoms with Crippen molar-refractivity contribution < 1.29 is 22.7 Å². The minimum atomic E-state index is -4.74. The molecule has 0 saturated carbocycles. The zero-order valence-corrected chi connectivity index (χ0v) is 16.2. The molecule has 0 bridgehead atoms. The number of rotatable bonds is 7. The Labute approximate surface area is 172 Å². The SMILES string of the molecule is O=C(Cc1csc(Nc2ccc(Cl)cn2)n1)NCc1ccc(OC(F)(F)F)cc1. The summed E-state index contributed by atoms with van der Waals surface area (Å²) in [5.74, 6) is 0.00467. The lowest BCUT2D eigenvalue weighted by Gasteiger charge is -2.09. The third-order valence-corrected chi connectivity index (χ3v) is 4.53. The Bertz CT molecular complexity index is 962. The van der Waals surface area contributed by atoms with Crippen LogP contribution in [0, 0.1) is 0 Å². The number of carbonyl (C=O) groups excluding carboxylic acids is 1. The molecule has 152 valence electrons. The predicted molar refractivity (Wildman–Crippen MR) is 103 cm³/mol. The number of hydrogen-bond donors (Lipinski definition) is 2. The molecule has 0 atom stereocenters. The number of pyridine rings is 1. The van der Waals surface area contributed by atoms with Crippen molar-refractivity contribution in [3.05, 3.63) is 64.3 Å². The normalized spacial score (nSPS) is 11.2. The van der Waals surface area contributed by atoms with E-state index in [4.69, 9.17) is 11.6 Å². The Morgan fingerprint density at radius 3 is 2.59 bits per heavy atom. The third kappa shape index (κ3) is 6.91. The fourth-order valence-electron chi connectivity index (χ4n) is 2.24. The van der Waals surface area contributed by atoms with E-state index >= 15 is 0 Å². The van der Waals surface area contributed by atoms with Crippen LogP contribution in [0.2, 0.25) is 5.02 Å². The summed E-state index contributed by atoms with van der Waals surface area (Å²) in [6.07, 6.45) is -3.16. The molecule has 2 aromatic heterocycles. The monoisotopic (exact) mass is 442 g/mol. The number of aromatic nitrogens is 2. The number of anilines is 2. The third-order valence-electron chi connectivity index (χ3n) is 3.50. The van der Waals surface area contributed by atoms with Gasteiger partial charge in [-0.3, -0.25) is 4.79 Å². The van der Waals surface area contributed by atoms with Crippen molar-refractivity contribution in [3.8, 4) is 5.75 Å². The van der Waals surface area contributed by atoms with Crippen molar-refractivity contribution in [1.82, 2.24) is 15.3 Å². The molecule has 1 amide bonds. The van der Waals surface area contributed by atoms with E-state index in [9.17, 15) is 18.0 Å². The molecule has 1 aromatic carbocycles. The molecule has 0 aliphatic rings. The maximum absolute atomic E-state index is 12.1. The van der Waals surface area contributed by atoms with Crippen molar-refractivity contribution in [2.24, 2.45) is 0 Å². The first-order valence-electron chi connectivity index (χ1n) is 8.21. The molecule has 6 nitrogen and oxygen atoms in total. The molecule has 11 heteroatoms. The van der Waals surface area contributed by atoms with Gasteiger partial charge in [-0.25, -0.2) is 9.97 Å². The van der Waals surface area contributed by atoms with Crippen LogP contribution in [0.25, 0.3) is 0 Å². The summed E-state index contributed by atoms with van der Waals surface area (Å²) in [6.45, 7) is 0.176. The molecule has 0 spiro atoms. The fourth-order valence-corrected chi connectivity index (χ4v) is 3.07. The molecular formula is C18H14ClF3N4O2S. The van der Waals surface area contributed by atoms with Gasteiger partial charge in [-0.05, 0) is 29.8 Å². The average molecular weight is 443 g/mol. The summed E-state index contributed by atoms with van der Waals surface area (Å²) in [5.41, 5.74) is 1.22. The van der Waals surface area contributed by atoms with Gasteiger partial charge in [0, 0.05) is 18.1 Å². The van der Waals surface area contributed by atoms with Gasteiger partial charge in [0.15, 0.2) is 5.13 Å². The van der Waals surface area contributed by atoms with Crippen molar-refractivity contribution in [1.29, 1.82) is 0 Å². The van der Waals surface area contributed by atoms with Crippen molar-refractivity contribution >= 4 is 39.8 Å². The second kappa shape index (κ2) is 9.10. The van der Waals surface area contributed by atoms with Crippen LogP contribution in [-0.2, 0) is 17.8 Å². The molecule has 0 aliphatic carbocycles. The van der Waals surface area contributed by atoms with Crippen LogP contribution in [0.3, 0.4) is 0 Å². The predicted octanol–water partition coefficient (Wildman–Crippen LogP) is 4.69. The van der Waals surface area contributed by atoms with E-state index < -0.39 is 6.36 Å². The zero-order chi connectivity index (χ0) is 20.9. The molecule has 0 unspecified atom stereocenters. The van der Waals surface area contributed by atoms with Crippen molar-refractivity contribution in [2.45, 2.75) is 19.3 Å². The molecule has 2 N–H and O–H groups in total. The number of nitrogens with zero attached hydrogens (tertiary/aromatic N) is 2. The first kappa shape index (κ1) is 20.9. The Kier molecular flexibility index (Phi) is 6.55. The first-order chi connectivity index (χ1) is 13.8. The molecule has 0 fully saturated rings. The highest BCUT2D eigenvalue weighted by Crippen LogP contribution is 2.23. The maximum Gasteiger partial charge on any atom is 0.573 e. The number of halogens is 4. The van der Waals surface area contributed by atoms with Gasteiger partial charge in [0.25, 0.3) is 0 Å². The zero-order valence-electron chi connectivity index (χ0n) is 14.7. The minimum absolute atomic E-state index is 0.0709. The Morgan fingerprint density at radius 1 is 1.17 bits per heavy atom. The smallest absolute Gasteiger partial charge is 0.406 e. The number of ether oxygens (including phenoxy) is 1.